The second-order valence-electron chi connectivity index (χ2n) is 9.48. The van der Waals surface area contributed by atoms with Crippen LogP contribution < -0.4 is 5.73 Å². The van der Waals surface area contributed by atoms with Gasteiger partial charge in [0.05, 0.1) is 0 Å². The molecule has 118 valence electrons. The highest BCUT2D eigenvalue weighted by Crippen LogP contribution is 2.52. The topological polar surface area (TPSA) is 29.3 Å². The van der Waals surface area contributed by atoms with E-state index in [0.29, 0.717) is 16.9 Å². The van der Waals surface area contributed by atoms with Gasteiger partial charge < -0.3 is 5.73 Å². The normalized spacial score (nSPS) is 28.1. The minimum Gasteiger partial charge on any atom is -0.329 e. The molecule has 0 unspecified atom stereocenters. The van der Waals surface area contributed by atoms with E-state index in [4.69, 9.17) is 5.73 Å². The predicted molar refractivity (Wildman–Crippen MR) is 87.8 cm³/mol. The van der Waals surface area contributed by atoms with E-state index in [-0.39, 0.29) is 5.54 Å². The lowest BCUT2D eigenvalue weighted by molar-refractivity contribution is -0.0592. The van der Waals surface area contributed by atoms with Crippen LogP contribution in [0.25, 0.3) is 0 Å². The summed E-state index contributed by atoms with van der Waals surface area (Å²) < 4.78 is 0. The minimum absolute atomic E-state index is 0.210. The molecule has 2 nitrogen and oxygen atoms in total. The Morgan fingerprint density at radius 1 is 1.00 bits per heavy atom. The first-order valence-electron chi connectivity index (χ1n) is 8.56. The van der Waals surface area contributed by atoms with Crippen LogP contribution >= 0.6 is 0 Å². The average Bonchev–Trinajstić information content (AvgIpc) is 3.04. The highest BCUT2D eigenvalue weighted by molar-refractivity contribution is 5.06. The maximum Gasteiger partial charge on any atom is 0.0344 e. The molecule has 0 bridgehead atoms. The second kappa shape index (κ2) is 5.28. The van der Waals surface area contributed by atoms with Gasteiger partial charge in [0.15, 0.2) is 0 Å². The Bertz CT molecular complexity index is 323. The zero-order chi connectivity index (χ0) is 15.2. The van der Waals surface area contributed by atoms with Gasteiger partial charge in [0.1, 0.15) is 0 Å². The van der Waals surface area contributed by atoms with Crippen molar-refractivity contribution in [3.63, 3.8) is 0 Å². The third-order valence-electron chi connectivity index (χ3n) is 5.34. The Balaban J connectivity index is 2.28. The standard InChI is InChI=1S/C18H36N2/c1-14(2)20(9-15-7-8-15)18(13-19)11-16(3,4)10-17(5,6)12-18/h14-15H,7-13,19H2,1-6H3. The van der Waals surface area contributed by atoms with Crippen molar-refractivity contribution in [2.24, 2.45) is 22.5 Å². The van der Waals surface area contributed by atoms with Crippen molar-refractivity contribution in [3.8, 4) is 0 Å². The van der Waals surface area contributed by atoms with Crippen LogP contribution in [-0.4, -0.2) is 29.6 Å². The molecule has 0 heterocycles. The molecule has 20 heavy (non-hydrogen) atoms. The number of nitrogens with two attached hydrogens (primary N) is 1. The van der Waals surface area contributed by atoms with Crippen LogP contribution in [0.5, 0.6) is 0 Å². The average molecular weight is 280 g/mol. The molecule has 0 amide bonds. The van der Waals surface area contributed by atoms with Gasteiger partial charge in [0.2, 0.25) is 0 Å². The Morgan fingerprint density at radius 2 is 1.50 bits per heavy atom. The van der Waals surface area contributed by atoms with Gasteiger partial charge in [-0.3, -0.25) is 4.90 Å². The summed E-state index contributed by atoms with van der Waals surface area (Å²) in [6, 6.07) is 0.601. The van der Waals surface area contributed by atoms with Gasteiger partial charge >= 0.3 is 0 Å². The molecule has 2 saturated carbocycles. The Kier molecular flexibility index (Phi) is 4.30. The lowest BCUT2D eigenvalue weighted by atomic mass is 9.57. The van der Waals surface area contributed by atoms with Crippen molar-refractivity contribution in [2.75, 3.05) is 13.1 Å². The zero-order valence-corrected chi connectivity index (χ0v) is 14.6. The van der Waals surface area contributed by atoms with Crippen molar-refractivity contribution in [1.82, 2.24) is 4.90 Å². The first kappa shape index (κ1) is 16.3. The molecule has 0 saturated heterocycles. The van der Waals surface area contributed by atoms with E-state index >= 15 is 0 Å². The largest absolute Gasteiger partial charge is 0.329 e. The first-order chi connectivity index (χ1) is 9.09. The fourth-order valence-electron chi connectivity index (χ4n) is 5.26. The molecule has 2 heteroatoms. The van der Waals surface area contributed by atoms with Gasteiger partial charge in [-0.1, -0.05) is 27.7 Å². The zero-order valence-electron chi connectivity index (χ0n) is 14.6. The van der Waals surface area contributed by atoms with E-state index in [2.05, 4.69) is 46.4 Å². The first-order valence-corrected chi connectivity index (χ1v) is 8.56. The summed E-state index contributed by atoms with van der Waals surface area (Å²) in [6.45, 7) is 16.5. The second-order valence-corrected chi connectivity index (χ2v) is 9.48. The van der Waals surface area contributed by atoms with Crippen molar-refractivity contribution in [1.29, 1.82) is 0 Å². The summed E-state index contributed by atoms with van der Waals surface area (Å²) in [7, 11) is 0. The molecule has 0 radical (unpaired) electrons. The molecular weight excluding hydrogens is 244 g/mol. The quantitative estimate of drug-likeness (QED) is 0.823. The van der Waals surface area contributed by atoms with E-state index in [1.165, 1.54) is 38.6 Å². The van der Waals surface area contributed by atoms with Crippen molar-refractivity contribution in [3.05, 3.63) is 0 Å². The molecular formula is C18H36N2. The molecule has 0 atom stereocenters. The van der Waals surface area contributed by atoms with Crippen LogP contribution in [0.1, 0.15) is 73.6 Å². The van der Waals surface area contributed by atoms with Gasteiger partial charge in [-0.05, 0) is 62.7 Å². The summed E-state index contributed by atoms with van der Waals surface area (Å²) in [5.41, 5.74) is 7.39. The molecule has 0 aromatic carbocycles. The molecule has 0 spiro atoms. The molecule has 2 aliphatic rings. The summed E-state index contributed by atoms with van der Waals surface area (Å²) in [5.74, 6) is 0.939. The van der Waals surface area contributed by atoms with E-state index in [9.17, 15) is 0 Å². The Labute approximate surface area is 126 Å². The van der Waals surface area contributed by atoms with Crippen LogP contribution in [0.4, 0.5) is 0 Å². The molecule has 0 aliphatic heterocycles. The number of hydrogen-bond acceptors (Lipinski definition) is 2. The van der Waals surface area contributed by atoms with Gasteiger partial charge in [-0.25, -0.2) is 0 Å². The molecule has 0 aromatic heterocycles. The molecule has 0 aromatic rings. The lowest BCUT2D eigenvalue weighted by Gasteiger charge is -2.57. The van der Waals surface area contributed by atoms with Crippen molar-refractivity contribution >= 4 is 0 Å². The van der Waals surface area contributed by atoms with Crippen molar-refractivity contribution < 1.29 is 0 Å². The van der Waals surface area contributed by atoms with E-state index < -0.39 is 0 Å². The Morgan fingerprint density at radius 3 is 1.85 bits per heavy atom. The van der Waals surface area contributed by atoms with Crippen LogP contribution in [0.2, 0.25) is 0 Å². The predicted octanol–water partition coefficient (Wildman–Crippen LogP) is 4.04. The number of hydrogen-bond donors (Lipinski definition) is 1. The Hall–Kier alpha value is -0.0800. The summed E-state index contributed by atoms with van der Waals surface area (Å²) in [5, 5.41) is 0. The van der Waals surface area contributed by atoms with E-state index in [1.54, 1.807) is 0 Å². The maximum atomic E-state index is 6.37. The number of nitrogens with zero attached hydrogens (tertiary/aromatic N) is 1. The number of rotatable bonds is 5. The summed E-state index contributed by atoms with van der Waals surface area (Å²) in [6.07, 6.45) is 6.68. The van der Waals surface area contributed by atoms with Crippen molar-refractivity contribution in [2.45, 2.75) is 85.2 Å². The van der Waals surface area contributed by atoms with Gasteiger partial charge in [-0.15, -0.1) is 0 Å². The third-order valence-corrected chi connectivity index (χ3v) is 5.34. The third kappa shape index (κ3) is 3.57. The maximum absolute atomic E-state index is 6.37. The fourth-order valence-corrected chi connectivity index (χ4v) is 5.26. The van der Waals surface area contributed by atoms with Gasteiger partial charge in [-0.2, -0.15) is 0 Å². The van der Waals surface area contributed by atoms with Crippen LogP contribution in [0, 0.1) is 16.7 Å². The minimum atomic E-state index is 0.210. The lowest BCUT2D eigenvalue weighted by Crippen LogP contribution is -2.63. The van der Waals surface area contributed by atoms with Crippen LogP contribution in [0.3, 0.4) is 0 Å². The SMILES string of the molecule is CC(C)N(CC1CC1)C1(CN)CC(C)(C)CC(C)(C)C1. The summed E-state index contributed by atoms with van der Waals surface area (Å²) >= 11 is 0. The summed E-state index contributed by atoms with van der Waals surface area (Å²) in [4.78, 5) is 2.77. The van der Waals surface area contributed by atoms with Crippen LogP contribution in [-0.2, 0) is 0 Å². The molecule has 2 rings (SSSR count). The fraction of sp³-hybridized carbons (Fsp3) is 1.00. The van der Waals surface area contributed by atoms with Gasteiger partial charge in [0, 0.05) is 24.7 Å². The van der Waals surface area contributed by atoms with Crippen LogP contribution in [0.15, 0.2) is 0 Å². The van der Waals surface area contributed by atoms with Gasteiger partial charge in [0.25, 0.3) is 0 Å². The van der Waals surface area contributed by atoms with E-state index in [1.807, 2.05) is 0 Å². The van der Waals surface area contributed by atoms with E-state index in [0.717, 1.165) is 12.5 Å². The molecule has 2 aliphatic carbocycles. The smallest absolute Gasteiger partial charge is 0.0344 e. The molecule has 2 N–H and O–H groups in total. The molecule has 2 fully saturated rings. The highest BCUT2D eigenvalue weighted by atomic mass is 15.2. The monoisotopic (exact) mass is 280 g/mol. The highest BCUT2D eigenvalue weighted by Gasteiger charge is 2.50.